The molecule has 0 saturated heterocycles. The first-order valence-electron chi connectivity index (χ1n) is 6.79. The molecule has 1 aliphatic rings. The van der Waals surface area contributed by atoms with Crippen molar-refractivity contribution in [3.63, 3.8) is 0 Å². The molecule has 3 heteroatoms. The average molecular weight is 274 g/mol. The monoisotopic (exact) mass is 274 g/mol. The van der Waals surface area contributed by atoms with E-state index in [0.717, 1.165) is 24.4 Å². The fourth-order valence-electron chi connectivity index (χ4n) is 1.94. The summed E-state index contributed by atoms with van der Waals surface area (Å²) in [4.78, 5) is 0. The number of allylic oxidation sites excluding steroid dienone is 3. The van der Waals surface area contributed by atoms with Gasteiger partial charge < -0.3 is 9.16 Å². The van der Waals surface area contributed by atoms with Crippen molar-refractivity contribution in [3.05, 3.63) is 59.6 Å². The maximum absolute atomic E-state index is 6.00. The Bertz CT molecular complexity index is 469. The van der Waals surface area contributed by atoms with Crippen molar-refractivity contribution in [1.29, 1.82) is 0 Å². The van der Waals surface area contributed by atoms with Crippen molar-refractivity contribution < 1.29 is 9.16 Å². The average Bonchev–Trinajstić information content (AvgIpc) is 2.36. The Morgan fingerprint density at radius 2 is 1.84 bits per heavy atom. The van der Waals surface area contributed by atoms with Gasteiger partial charge in [-0.3, -0.25) is 0 Å². The van der Waals surface area contributed by atoms with E-state index >= 15 is 0 Å². The highest BCUT2D eigenvalue weighted by Gasteiger charge is 2.18. The van der Waals surface area contributed by atoms with Crippen LogP contribution >= 0.6 is 0 Å². The normalized spacial score (nSPS) is 15.5. The second kappa shape index (κ2) is 6.11. The largest absolute Gasteiger partial charge is 0.544 e. The fraction of sp³-hybridized carbons (Fsp3) is 0.375. The highest BCUT2D eigenvalue weighted by Crippen LogP contribution is 2.23. The second-order valence-corrected chi connectivity index (χ2v) is 10.2. The molecule has 1 aromatic rings. The Kier molecular flexibility index (Phi) is 4.48. The van der Waals surface area contributed by atoms with Gasteiger partial charge in [-0.25, -0.2) is 0 Å². The van der Waals surface area contributed by atoms with Gasteiger partial charge in [0.15, 0.2) is 0 Å². The summed E-state index contributed by atoms with van der Waals surface area (Å²) >= 11 is 0. The Hall–Kier alpha value is -1.48. The molecule has 0 N–H and O–H groups in total. The van der Waals surface area contributed by atoms with Gasteiger partial charge in [-0.05, 0) is 37.7 Å². The van der Waals surface area contributed by atoms with Gasteiger partial charge >= 0.3 is 0 Å². The minimum Gasteiger partial charge on any atom is -0.544 e. The first kappa shape index (κ1) is 13.9. The van der Waals surface area contributed by atoms with E-state index in [0.29, 0.717) is 6.61 Å². The second-order valence-electron chi connectivity index (χ2n) is 5.74. The lowest BCUT2D eigenvalue weighted by molar-refractivity contribution is 0.186. The molecule has 1 aliphatic carbocycles. The van der Waals surface area contributed by atoms with E-state index in [1.807, 2.05) is 24.3 Å². The number of benzene rings is 1. The zero-order chi connectivity index (χ0) is 13.7. The molecule has 0 spiro atoms. The lowest BCUT2D eigenvalue weighted by Crippen LogP contribution is -2.24. The molecule has 0 atom stereocenters. The molecular formula is C16H22O2Si. The van der Waals surface area contributed by atoms with Crippen molar-refractivity contribution in [2.45, 2.75) is 39.1 Å². The van der Waals surface area contributed by atoms with Gasteiger partial charge in [0.2, 0.25) is 8.32 Å². The van der Waals surface area contributed by atoms with E-state index in [-0.39, 0.29) is 0 Å². The Morgan fingerprint density at radius 1 is 1.11 bits per heavy atom. The predicted molar refractivity (Wildman–Crippen MR) is 81.1 cm³/mol. The van der Waals surface area contributed by atoms with Gasteiger partial charge in [-0.2, -0.15) is 0 Å². The van der Waals surface area contributed by atoms with Crippen LogP contribution < -0.4 is 0 Å². The van der Waals surface area contributed by atoms with E-state index in [9.17, 15) is 0 Å². The molecule has 102 valence electrons. The Morgan fingerprint density at radius 3 is 2.53 bits per heavy atom. The first-order valence-corrected chi connectivity index (χ1v) is 10.2. The molecule has 0 fully saturated rings. The maximum Gasteiger partial charge on any atom is 0.242 e. The van der Waals surface area contributed by atoms with Crippen molar-refractivity contribution in [2.24, 2.45) is 0 Å². The van der Waals surface area contributed by atoms with Crippen molar-refractivity contribution >= 4 is 8.32 Å². The van der Waals surface area contributed by atoms with E-state index in [4.69, 9.17) is 9.16 Å². The number of hydrogen-bond acceptors (Lipinski definition) is 2. The summed E-state index contributed by atoms with van der Waals surface area (Å²) in [6.07, 6.45) is 6.17. The minimum atomic E-state index is -1.53. The molecular weight excluding hydrogens is 252 g/mol. The topological polar surface area (TPSA) is 18.5 Å². The lowest BCUT2D eigenvalue weighted by Gasteiger charge is -2.23. The molecule has 0 saturated carbocycles. The molecule has 0 aliphatic heterocycles. The minimum absolute atomic E-state index is 0.632. The van der Waals surface area contributed by atoms with E-state index in [1.165, 1.54) is 5.56 Å². The van der Waals surface area contributed by atoms with Crippen molar-refractivity contribution in [3.8, 4) is 0 Å². The Balaban J connectivity index is 1.92. The maximum atomic E-state index is 6.00. The molecule has 0 aromatic heterocycles. The fourth-order valence-corrected chi connectivity index (χ4v) is 2.78. The zero-order valence-electron chi connectivity index (χ0n) is 12.0. The molecule has 2 rings (SSSR count). The van der Waals surface area contributed by atoms with Crippen LogP contribution in [0.2, 0.25) is 19.6 Å². The SMILES string of the molecule is C[Si](C)(C)OC1=CCCC(OCc2ccccc2)=C1. The first-order chi connectivity index (χ1) is 9.03. The molecule has 0 bridgehead atoms. The summed E-state index contributed by atoms with van der Waals surface area (Å²) in [5, 5.41) is 0. The van der Waals surface area contributed by atoms with Crippen molar-refractivity contribution in [1.82, 2.24) is 0 Å². The predicted octanol–water partition coefficient (Wildman–Crippen LogP) is 4.62. The van der Waals surface area contributed by atoms with Crippen LogP contribution in [-0.2, 0) is 15.8 Å². The summed E-state index contributed by atoms with van der Waals surface area (Å²) < 4.78 is 11.9. The van der Waals surface area contributed by atoms with Gasteiger partial charge in [-0.15, -0.1) is 0 Å². The third kappa shape index (κ3) is 4.95. The summed E-state index contributed by atoms with van der Waals surface area (Å²) in [6.45, 7) is 7.22. The molecule has 0 unspecified atom stereocenters. The highest BCUT2D eigenvalue weighted by molar-refractivity contribution is 6.70. The molecule has 19 heavy (non-hydrogen) atoms. The van der Waals surface area contributed by atoms with Gasteiger partial charge in [0.1, 0.15) is 18.1 Å². The summed E-state index contributed by atoms with van der Waals surface area (Å²) in [7, 11) is -1.53. The van der Waals surface area contributed by atoms with Gasteiger partial charge in [-0.1, -0.05) is 30.3 Å². The summed E-state index contributed by atoms with van der Waals surface area (Å²) in [5.41, 5.74) is 1.20. The smallest absolute Gasteiger partial charge is 0.242 e. The van der Waals surface area contributed by atoms with E-state index in [1.54, 1.807) is 0 Å². The van der Waals surface area contributed by atoms with Crippen molar-refractivity contribution in [2.75, 3.05) is 0 Å². The van der Waals surface area contributed by atoms with E-state index < -0.39 is 8.32 Å². The highest BCUT2D eigenvalue weighted by atomic mass is 28.4. The Labute approximate surface area is 116 Å². The molecule has 2 nitrogen and oxygen atoms in total. The van der Waals surface area contributed by atoms with Crippen LogP contribution in [0.25, 0.3) is 0 Å². The standard InChI is InChI=1S/C16H22O2Si/c1-19(2,3)18-16-11-7-10-15(12-16)17-13-14-8-5-4-6-9-14/h4-6,8-9,11-12H,7,10,13H2,1-3H3. The van der Waals surface area contributed by atoms with Gasteiger partial charge in [0.05, 0.1) is 0 Å². The summed E-state index contributed by atoms with van der Waals surface area (Å²) in [5.74, 6) is 2.01. The quantitative estimate of drug-likeness (QED) is 0.730. The van der Waals surface area contributed by atoms with Crippen LogP contribution in [0, 0.1) is 0 Å². The summed E-state index contributed by atoms with van der Waals surface area (Å²) in [6, 6.07) is 10.3. The van der Waals surface area contributed by atoms with Gasteiger partial charge in [0, 0.05) is 12.5 Å². The zero-order valence-corrected chi connectivity index (χ0v) is 13.0. The third-order valence-electron chi connectivity index (χ3n) is 2.73. The van der Waals surface area contributed by atoms with Crippen LogP contribution in [0.5, 0.6) is 0 Å². The third-order valence-corrected chi connectivity index (χ3v) is 3.58. The molecule has 1 aromatic carbocycles. The molecule has 0 amide bonds. The molecule has 0 heterocycles. The van der Waals surface area contributed by atoms with Gasteiger partial charge in [0.25, 0.3) is 0 Å². The van der Waals surface area contributed by atoms with Crippen LogP contribution in [-0.4, -0.2) is 8.32 Å². The number of hydrogen-bond donors (Lipinski definition) is 0. The molecule has 0 radical (unpaired) electrons. The van der Waals surface area contributed by atoms with Crippen LogP contribution in [0.3, 0.4) is 0 Å². The lowest BCUT2D eigenvalue weighted by atomic mass is 10.1. The number of ether oxygens (including phenoxy) is 1. The van der Waals surface area contributed by atoms with Crippen LogP contribution in [0.1, 0.15) is 18.4 Å². The van der Waals surface area contributed by atoms with Crippen LogP contribution in [0.4, 0.5) is 0 Å². The number of rotatable bonds is 5. The van der Waals surface area contributed by atoms with Crippen LogP contribution in [0.15, 0.2) is 54.0 Å². The van der Waals surface area contributed by atoms with E-state index in [2.05, 4.69) is 37.8 Å².